The third-order valence-corrected chi connectivity index (χ3v) is 5.85. The van der Waals surface area contributed by atoms with E-state index >= 15 is 0 Å². The number of rotatable bonds is 4. The third-order valence-electron chi connectivity index (χ3n) is 5.62. The van der Waals surface area contributed by atoms with Crippen LogP contribution in [0.1, 0.15) is 46.4 Å². The Bertz CT molecular complexity index is 932. The number of amides is 1. The van der Waals surface area contributed by atoms with Gasteiger partial charge in [-0.1, -0.05) is 0 Å². The first kappa shape index (κ1) is 18.3. The zero-order valence-electron chi connectivity index (χ0n) is 15.1. The van der Waals surface area contributed by atoms with Crippen LogP contribution in [0.4, 0.5) is 14.7 Å². The average Bonchev–Trinajstić information content (AvgIpc) is 3.34. The third kappa shape index (κ3) is 3.10. The number of halogens is 3. The number of anilines is 1. The van der Waals surface area contributed by atoms with Crippen molar-refractivity contribution >= 4 is 23.5 Å². The van der Waals surface area contributed by atoms with Gasteiger partial charge in [-0.05, 0) is 67.7 Å². The van der Waals surface area contributed by atoms with Crippen molar-refractivity contribution in [3.8, 4) is 0 Å². The number of aryl methyl sites for hydroxylation is 2. The summed E-state index contributed by atoms with van der Waals surface area (Å²) in [5.41, 5.74) is 4.19. The molecule has 0 saturated heterocycles. The van der Waals surface area contributed by atoms with Crippen molar-refractivity contribution in [3.63, 3.8) is 0 Å². The van der Waals surface area contributed by atoms with E-state index in [1.165, 1.54) is 4.90 Å². The Morgan fingerprint density at radius 2 is 1.89 bits per heavy atom. The lowest BCUT2D eigenvalue weighted by molar-refractivity contribution is -0.116. The highest BCUT2D eigenvalue weighted by atomic mass is 35.5. The second kappa shape index (κ2) is 7.15. The molecule has 0 fully saturated rings. The van der Waals surface area contributed by atoms with Crippen LogP contribution in [0, 0.1) is 18.6 Å². The van der Waals surface area contributed by atoms with Crippen molar-refractivity contribution in [2.75, 3.05) is 10.8 Å². The van der Waals surface area contributed by atoms with Crippen LogP contribution < -0.4 is 4.90 Å². The monoisotopic (exact) mass is 391 g/mol. The van der Waals surface area contributed by atoms with E-state index in [-0.39, 0.29) is 23.9 Å². The van der Waals surface area contributed by atoms with Crippen molar-refractivity contribution < 1.29 is 13.6 Å². The molecule has 1 heterocycles. The second-order valence-corrected chi connectivity index (χ2v) is 7.42. The maximum atomic E-state index is 14.8. The normalized spacial score (nSPS) is 15.0. The van der Waals surface area contributed by atoms with Gasteiger partial charge >= 0.3 is 0 Å². The molecule has 2 aromatic rings. The summed E-state index contributed by atoms with van der Waals surface area (Å²) >= 11 is 5.77. The molecule has 0 N–H and O–H groups in total. The molecule has 7 heteroatoms. The lowest BCUT2D eigenvalue weighted by atomic mass is 9.97. The quantitative estimate of drug-likeness (QED) is 0.744. The smallest absolute Gasteiger partial charge is 0.244 e. The van der Waals surface area contributed by atoms with E-state index in [0.717, 1.165) is 48.9 Å². The zero-order chi connectivity index (χ0) is 19.1. The first-order valence-corrected chi connectivity index (χ1v) is 9.74. The first-order valence-electron chi connectivity index (χ1n) is 9.20. The van der Waals surface area contributed by atoms with Gasteiger partial charge in [0.1, 0.15) is 5.88 Å². The van der Waals surface area contributed by atoms with Crippen molar-refractivity contribution in [3.05, 3.63) is 51.3 Å². The van der Waals surface area contributed by atoms with Crippen molar-refractivity contribution in [1.82, 2.24) is 9.97 Å². The minimum atomic E-state index is -0.887. The summed E-state index contributed by atoms with van der Waals surface area (Å²) in [6, 6.07) is 0. The number of hydrogen-bond donors (Lipinski definition) is 0. The number of carbonyl (C=O) groups is 1. The van der Waals surface area contributed by atoms with Crippen molar-refractivity contribution in [2.24, 2.45) is 0 Å². The Labute approximate surface area is 161 Å². The van der Waals surface area contributed by atoms with E-state index < -0.39 is 17.5 Å². The summed E-state index contributed by atoms with van der Waals surface area (Å²) in [6.45, 7) is 1.65. The molecule has 142 valence electrons. The Balaban J connectivity index is 1.76. The molecule has 0 aliphatic heterocycles. The number of hydrogen-bond acceptors (Lipinski definition) is 3. The van der Waals surface area contributed by atoms with Gasteiger partial charge in [0.25, 0.3) is 0 Å². The highest BCUT2D eigenvalue weighted by Gasteiger charge is 2.28. The van der Waals surface area contributed by atoms with Crippen LogP contribution in [0.25, 0.3) is 0 Å². The predicted octanol–water partition coefficient (Wildman–Crippen LogP) is 3.81. The van der Waals surface area contributed by atoms with Gasteiger partial charge in [0.15, 0.2) is 11.6 Å². The Morgan fingerprint density at radius 3 is 2.67 bits per heavy atom. The van der Waals surface area contributed by atoms with Crippen molar-refractivity contribution in [1.29, 1.82) is 0 Å². The van der Waals surface area contributed by atoms with Crippen LogP contribution in [0.5, 0.6) is 0 Å². The maximum Gasteiger partial charge on any atom is 0.244 e. The van der Waals surface area contributed by atoms with Crippen LogP contribution in [0.2, 0.25) is 0 Å². The molecule has 0 radical (unpaired) electrons. The van der Waals surface area contributed by atoms with Crippen molar-refractivity contribution in [2.45, 2.75) is 52.0 Å². The fraction of sp³-hybridized carbons (Fsp3) is 0.450. The molecule has 0 unspecified atom stereocenters. The molecular weight excluding hydrogens is 372 g/mol. The van der Waals surface area contributed by atoms with E-state index in [4.69, 9.17) is 11.6 Å². The molecule has 0 atom stereocenters. The van der Waals surface area contributed by atoms with Gasteiger partial charge in [-0.2, -0.15) is 0 Å². The summed E-state index contributed by atoms with van der Waals surface area (Å²) in [4.78, 5) is 22.5. The fourth-order valence-corrected chi connectivity index (χ4v) is 4.28. The molecule has 0 spiro atoms. The number of benzene rings is 1. The van der Waals surface area contributed by atoms with E-state index in [2.05, 4.69) is 9.97 Å². The van der Waals surface area contributed by atoms with E-state index in [1.807, 2.05) is 0 Å². The molecule has 2 aliphatic rings. The largest absolute Gasteiger partial charge is 0.275 e. The molecule has 1 aromatic heterocycles. The molecule has 2 aliphatic carbocycles. The Kier molecular flexibility index (Phi) is 4.84. The zero-order valence-corrected chi connectivity index (χ0v) is 15.9. The molecule has 4 rings (SSSR count). The Morgan fingerprint density at radius 1 is 1.15 bits per heavy atom. The summed E-state index contributed by atoms with van der Waals surface area (Å²) in [7, 11) is 0. The number of aromatic nitrogens is 2. The summed E-state index contributed by atoms with van der Waals surface area (Å²) in [5.74, 6) is -2.21. The van der Waals surface area contributed by atoms with Crippen LogP contribution >= 0.6 is 11.6 Å². The molecule has 4 nitrogen and oxygen atoms in total. The summed E-state index contributed by atoms with van der Waals surface area (Å²) in [6.07, 6.45) is 6.56. The summed E-state index contributed by atoms with van der Waals surface area (Å²) in [5, 5.41) is 0. The molecule has 0 bridgehead atoms. The highest BCUT2D eigenvalue weighted by molar-refractivity contribution is 6.29. The van der Waals surface area contributed by atoms with Crippen LogP contribution in [-0.2, 0) is 37.0 Å². The predicted molar refractivity (Wildman–Crippen MR) is 99.1 cm³/mol. The van der Waals surface area contributed by atoms with Gasteiger partial charge in [0.05, 0.1) is 6.54 Å². The molecule has 27 heavy (non-hydrogen) atoms. The van der Waals surface area contributed by atoms with Gasteiger partial charge in [-0.25, -0.2) is 18.7 Å². The standard InChI is InChI=1S/C20H20ClF2N3O/c1-11-13-5-3-6-14(13)18(22)19(23)15(11)10-26(17(27)8-21)20-24-9-12-4-2-7-16(12)25-20/h9H,2-8,10H2,1H3. The molecular formula is C20H20ClF2N3O. The fourth-order valence-electron chi connectivity index (χ4n) is 4.13. The van der Waals surface area contributed by atoms with Crippen LogP contribution in [-0.4, -0.2) is 21.8 Å². The number of carbonyl (C=O) groups excluding carboxylic acids is 1. The number of nitrogens with zero attached hydrogens (tertiary/aromatic N) is 3. The SMILES string of the molecule is Cc1c(CN(C(=O)CCl)c2ncc3c(n2)CCC3)c(F)c(F)c2c1CCC2. The lowest BCUT2D eigenvalue weighted by Gasteiger charge is -2.23. The highest BCUT2D eigenvalue weighted by Crippen LogP contribution is 2.33. The Hall–Kier alpha value is -2.08. The topological polar surface area (TPSA) is 46.1 Å². The minimum absolute atomic E-state index is 0.133. The average molecular weight is 392 g/mol. The minimum Gasteiger partial charge on any atom is -0.275 e. The van der Waals surface area contributed by atoms with Gasteiger partial charge in [0, 0.05) is 17.5 Å². The van der Waals surface area contributed by atoms with E-state index in [1.54, 1.807) is 13.1 Å². The second-order valence-electron chi connectivity index (χ2n) is 7.15. The van der Waals surface area contributed by atoms with Crippen LogP contribution in [0.3, 0.4) is 0 Å². The first-order chi connectivity index (χ1) is 13.0. The molecule has 1 amide bonds. The van der Waals surface area contributed by atoms with Gasteiger partial charge in [-0.15, -0.1) is 11.6 Å². The van der Waals surface area contributed by atoms with Crippen LogP contribution in [0.15, 0.2) is 6.20 Å². The summed E-state index contributed by atoms with van der Waals surface area (Å²) < 4.78 is 29.3. The van der Waals surface area contributed by atoms with Gasteiger partial charge < -0.3 is 0 Å². The van der Waals surface area contributed by atoms with Gasteiger partial charge in [0.2, 0.25) is 11.9 Å². The molecule has 1 aromatic carbocycles. The number of alkyl halides is 1. The maximum absolute atomic E-state index is 14.8. The van der Waals surface area contributed by atoms with E-state index in [9.17, 15) is 13.6 Å². The van der Waals surface area contributed by atoms with Gasteiger partial charge in [-0.3, -0.25) is 9.69 Å². The lowest BCUT2D eigenvalue weighted by Crippen LogP contribution is -2.34. The number of fused-ring (bicyclic) bond motifs is 2. The molecule has 0 saturated carbocycles. The van der Waals surface area contributed by atoms with E-state index in [0.29, 0.717) is 17.5 Å².